The van der Waals surface area contributed by atoms with Gasteiger partial charge in [-0.2, -0.15) is 4.39 Å². The van der Waals surface area contributed by atoms with Crippen LogP contribution >= 0.6 is 0 Å². The number of para-hydroxylation sites is 1. The Balaban J connectivity index is 2.18. The SMILES string of the molecule is CN1NCCc2cccc(-c3ccnc(F)c3)c21. The van der Waals surface area contributed by atoms with Gasteiger partial charge in [0.25, 0.3) is 0 Å². The molecule has 92 valence electrons. The molecule has 1 N–H and O–H groups in total. The number of nitrogens with zero attached hydrogens (tertiary/aromatic N) is 2. The Labute approximate surface area is 105 Å². The van der Waals surface area contributed by atoms with Gasteiger partial charge in [-0.1, -0.05) is 18.2 Å². The number of anilines is 1. The highest BCUT2D eigenvalue weighted by molar-refractivity contribution is 5.81. The molecule has 0 radical (unpaired) electrons. The summed E-state index contributed by atoms with van der Waals surface area (Å²) in [4.78, 5) is 3.60. The van der Waals surface area contributed by atoms with Crippen LogP contribution < -0.4 is 10.4 Å². The molecule has 2 aromatic rings. The third-order valence-corrected chi connectivity index (χ3v) is 3.24. The first-order chi connectivity index (χ1) is 8.75. The molecule has 0 spiro atoms. The van der Waals surface area contributed by atoms with Gasteiger partial charge in [0.05, 0.1) is 5.69 Å². The van der Waals surface area contributed by atoms with Gasteiger partial charge < -0.3 is 5.01 Å². The molecular formula is C14H14FN3. The molecule has 1 aromatic heterocycles. The highest BCUT2D eigenvalue weighted by Crippen LogP contribution is 2.34. The van der Waals surface area contributed by atoms with Gasteiger partial charge in [-0.25, -0.2) is 10.4 Å². The quantitative estimate of drug-likeness (QED) is 0.779. The number of hydrogen-bond donors (Lipinski definition) is 1. The molecule has 0 aliphatic carbocycles. The van der Waals surface area contributed by atoms with Crippen molar-refractivity contribution >= 4 is 5.69 Å². The van der Waals surface area contributed by atoms with E-state index in [1.165, 1.54) is 17.8 Å². The minimum Gasteiger partial charge on any atom is -0.311 e. The van der Waals surface area contributed by atoms with E-state index >= 15 is 0 Å². The van der Waals surface area contributed by atoms with Crippen LogP contribution in [0.25, 0.3) is 11.1 Å². The minimum absolute atomic E-state index is 0.448. The van der Waals surface area contributed by atoms with Gasteiger partial charge in [-0.05, 0) is 23.6 Å². The second-order valence-corrected chi connectivity index (χ2v) is 4.40. The van der Waals surface area contributed by atoms with Crippen molar-refractivity contribution < 1.29 is 4.39 Å². The van der Waals surface area contributed by atoms with E-state index < -0.39 is 5.95 Å². The number of hydrogen-bond acceptors (Lipinski definition) is 3. The highest BCUT2D eigenvalue weighted by Gasteiger charge is 2.17. The average Bonchev–Trinajstić information content (AvgIpc) is 2.38. The normalized spacial score (nSPS) is 14.4. The van der Waals surface area contributed by atoms with Crippen LogP contribution in [0.1, 0.15) is 5.56 Å². The van der Waals surface area contributed by atoms with E-state index in [4.69, 9.17) is 0 Å². The Morgan fingerprint density at radius 2 is 2.22 bits per heavy atom. The van der Waals surface area contributed by atoms with Crippen molar-refractivity contribution in [1.82, 2.24) is 10.4 Å². The lowest BCUT2D eigenvalue weighted by Crippen LogP contribution is -2.40. The van der Waals surface area contributed by atoms with E-state index in [9.17, 15) is 4.39 Å². The van der Waals surface area contributed by atoms with Crippen molar-refractivity contribution in [1.29, 1.82) is 0 Å². The highest BCUT2D eigenvalue weighted by atomic mass is 19.1. The Hall–Kier alpha value is -1.94. The summed E-state index contributed by atoms with van der Waals surface area (Å²) in [7, 11) is 1.99. The molecule has 2 heterocycles. The fraction of sp³-hybridized carbons (Fsp3) is 0.214. The average molecular weight is 243 g/mol. The largest absolute Gasteiger partial charge is 0.311 e. The van der Waals surface area contributed by atoms with Crippen LogP contribution in [0.2, 0.25) is 0 Å². The molecule has 0 unspecified atom stereocenters. The molecule has 1 aromatic carbocycles. The maximum absolute atomic E-state index is 13.2. The molecular weight excluding hydrogens is 229 g/mol. The monoisotopic (exact) mass is 243 g/mol. The van der Waals surface area contributed by atoms with Crippen LogP contribution in [0, 0.1) is 5.95 Å². The molecule has 0 saturated carbocycles. The van der Waals surface area contributed by atoms with Gasteiger partial charge in [-0.3, -0.25) is 0 Å². The van der Waals surface area contributed by atoms with Crippen molar-refractivity contribution in [3.05, 3.63) is 48.0 Å². The van der Waals surface area contributed by atoms with Crippen LogP contribution in [-0.4, -0.2) is 18.6 Å². The Kier molecular flexibility index (Phi) is 2.72. The maximum Gasteiger partial charge on any atom is 0.213 e. The zero-order chi connectivity index (χ0) is 12.5. The van der Waals surface area contributed by atoms with E-state index in [2.05, 4.69) is 16.5 Å². The van der Waals surface area contributed by atoms with Crippen LogP contribution in [0.3, 0.4) is 0 Å². The fourth-order valence-electron chi connectivity index (χ4n) is 2.43. The number of nitrogens with one attached hydrogen (secondary N) is 1. The van der Waals surface area contributed by atoms with Crippen LogP contribution in [0.4, 0.5) is 10.1 Å². The third-order valence-electron chi connectivity index (χ3n) is 3.24. The number of rotatable bonds is 1. The Morgan fingerprint density at radius 3 is 3.06 bits per heavy atom. The summed E-state index contributed by atoms with van der Waals surface area (Å²) in [6.07, 6.45) is 2.49. The summed E-state index contributed by atoms with van der Waals surface area (Å²) in [6, 6.07) is 9.45. The van der Waals surface area contributed by atoms with E-state index in [-0.39, 0.29) is 0 Å². The summed E-state index contributed by atoms with van der Waals surface area (Å²) >= 11 is 0. The smallest absolute Gasteiger partial charge is 0.213 e. The lowest BCUT2D eigenvalue weighted by atomic mass is 9.98. The second kappa shape index (κ2) is 4.38. The predicted octanol–water partition coefficient (Wildman–Crippen LogP) is 2.38. The molecule has 0 bridgehead atoms. The first-order valence-corrected chi connectivity index (χ1v) is 5.97. The maximum atomic E-state index is 13.2. The van der Waals surface area contributed by atoms with Gasteiger partial charge in [0.15, 0.2) is 0 Å². The molecule has 1 aliphatic heterocycles. The van der Waals surface area contributed by atoms with Crippen LogP contribution in [-0.2, 0) is 6.42 Å². The van der Waals surface area contributed by atoms with Crippen molar-refractivity contribution in [2.45, 2.75) is 6.42 Å². The first kappa shape index (κ1) is 11.2. The van der Waals surface area contributed by atoms with Gasteiger partial charge in [0.2, 0.25) is 5.95 Å². The third kappa shape index (κ3) is 1.84. The standard InChI is InChI=1S/C14H14FN3/c1-18-14-10(6-8-17-18)3-2-4-12(14)11-5-7-16-13(15)9-11/h2-5,7,9,17H,6,8H2,1H3. The summed E-state index contributed by atoms with van der Waals surface area (Å²) in [5.74, 6) is -0.448. The Bertz CT molecular complexity index is 583. The molecule has 18 heavy (non-hydrogen) atoms. The summed E-state index contributed by atoms with van der Waals surface area (Å²) in [5.41, 5.74) is 7.58. The van der Waals surface area contributed by atoms with E-state index in [1.54, 1.807) is 0 Å². The number of benzene rings is 1. The second-order valence-electron chi connectivity index (χ2n) is 4.40. The molecule has 0 amide bonds. The fourth-order valence-corrected chi connectivity index (χ4v) is 2.43. The number of aromatic nitrogens is 1. The summed E-state index contributed by atoms with van der Waals surface area (Å²) in [6.45, 7) is 0.928. The number of pyridine rings is 1. The van der Waals surface area contributed by atoms with Crippen molar-refractivity contribution in [2.75, 3.05) is 18.6 Å². The van der Waals surface area contributed by atoms with Gasteiger partial charge >= 0.3 is 0 Å². The number of halogens is 1. The molecule has 0 saturated heterocycles. The predicted molar refractivity (Wildman–Crippen MR) is 69.7 cm³/mol. The topological polar surface area (TPSA) is 28.2 Å². The van der Waals surface area contributed by atoms with Crippen molar-refractivity contribution in [3.63, 3.8) is 0 Å². The number of hydrazine groups is 1. The zero-order valence-corrected chi connectivity index (χ0v) is 10.2. The lowest BCUT2D eigenvalue weighted by molar-refractivity contribution is 0.584. The van der Waals surface area contributed by atoms with E-state index in [0.29, 0.717) is 0 Å². The zero-order valence-electron chi connectivity index (χ0n) is 10.2. The van der Waals surface area contributed by atoms with Gasteiger partial charge in [0.1, 0.15) is 0 Å². The van der Waals surface area contributed by atoms with Crippen molar-refractivity contribution in [3.8, 4) is 11.1 Å². The molecule has 0 fully saturated rings. The van der Waals surface area contributed by atoms with Gasteiger partial charge in [0, 0.05) is 31.4 Å². The van der Waals surface area contributed by atoms with E-state index in [0.717, 1.165) is 29.8 Å². The molecule has 1 aliphatic rings. The summed E-state index contributed by atoms with van der Waals surface area (Å²) in [5, 5.41) is 2.01. The van der Waals surface area contributed by atoms with Crippen molar-refractivity contribution in [2.24, 2.45) is 0 Å². The van der Waals surface area contributed by atoms with Crippen LogP contribution in [0.5, 0.6) is 0 Å². The Morgan fingerprint density at radius 1 is 1.33 bits per heavy atom. The molecule has 0 atom stereocenters. The lowest BCUT2D eigenvalue weighted by Gasteiger charge is -2.30. The molecule has 3 nitrogen and oxygen atoms in total. The minimum atomic E-state index is -0.448. The first-order valence-electron chi connectivity index (χ1n) is 5.97. The number of fused-ring (bicyclic) bond motifs is 1. The molecule has 3 rings (SSSR count). The van der Waals surface area contributed by atoms with Gasteiger partial charge in [-0.15, -0.1) is 0 Å². The van der Waals surface area contributed by atoms with E-state index in [1.807, 2.05) is 30.3 Å². The van der Waals surface area contributed by atoms with Crippen LogP contribution in [0.15, 0.2) is 36.5 Å². The summed E-state index contributed by atoms with van der Waals surface area (Å²) < 4.78 is 13.2. The molecule has 4 heteroatoms.